The van der Waals surface area contributed by atoms with Gasteiger partial charge in [0.25, 0.3) is 5.91 Å². The summed E-state index contributed by atoms with van der Waals surface area (Å²) in [6.07, 6.45) is 0.641. The van der Waals surface area contributed by atoms with E-state index in [1.165, 1.54) is 5.56 Å². The first-order valence-electron chi connectivity index (χ1n) is 12.1. The van der Waals surface area contributed by atoms with Gasteiger partial charge >= 0.3 is 0 Å². The summed E-state index contributed by atoms with van der Waals surface area (Å²) in [4.78, 5) is 18.3. The van der Waals surface area contributed by atoms with Crippen LogP contribution in [0, 0.1) is 13.8 Å². The summed E-state index contributed by atoms with van der Waals surface area (Å²) in [6, 6.07) is 11.9. The summed E-state index contributed by atoms with van der Waals surface area (Å²) in [5.41, 5.74) is 5.32. The van der Waals surface area contributed by atoms with E-state index >= 15 is 0 Å². The second-order valence-corrected chi connectivity index (χ2v) is 9.14. The quantitative estimate of drug-likeness (QED) is 0.626. The van der Waals surface area contributed by atoms with E-state index in [2.05, 4.69) is 48.8 Å². The summed E-state index contributed by atoms with van der Waals surface area (Å²) >= 11 is 0. The van der Waals surface area contributed by atoms with Crippen molar-refractivity contribution >= 4 is 11.6 Å². The van der Waals surface area contributed by atoms with E-state index in [1.54, 1.807) is 19.2 Å². The summed E-state index contributed by atoms with van der Waals surface area (Å²) < 4.78 is 11.1. The van der Waals surface area contributed by atoms with Crippen LogP contribution in [0.1, 0.15) is 41.6 Å². The van der Waals surface area contributed by atoms with E-state index in [1.807, 2.05) is 18.2 Å². The number of rotatable bonds is 7. The average Bonchev–Trinajstić information content (AvgIpc) is 3.30. The van der Waals surface area contributed by atoms with Crippen molar-refractivity contribution in [3.63, 3.8) is 0 Å². The molecule has 1 saturated heterocycles. The van der Waals surface area contributed by atoms with Crippen LogP contribution in [0.3, 0.4) is 0 Å². The van der Waals surface area contributed by atoms with Crippen molar-refractivity contribution in [3.05, 3.63) is 58.7 Å². The van der Waals surface area contributed by atoms with Crippen LogP contribution in [-0.4, -0.2) is 79.9 Å². The number of benzene rings is 2. The van der Waals surface area contributed by atoms with E-state index in [4.69, 9.17) is 14.6 Å². The first kappa shape index (κ1) is 24.2. The minimum atomic E-state index is -0.222. The number of hydrogen-bond acceptors (Lipinski definition) is 6. The molecule has 2 aliphatic rings. The van der Waals surface area contributed by atoms with Gasteiger partial charge in [0.15, 0.2) is 0 Å². The first-order chi connectivity index (χ1) is 16.4. The number of amides is 1. The van der Waals surface area contributed by atoms with Gasteiger partial charge < -0.3 is 14.4 Å². The number of nitrogens with zero attached hydrogens (tertiary/aromatic N) is 4. The van der Waals surface area contributed by atoms with Crippen LogP contribution in [0.15, 0.2) is 41.5 Å². The van der Waals surface area contributed by atoms with Crippen molar-refractivity contribution < 1.29 is 14.3 Å². The molecule has 0 aliphatic carbocycles. The molecule has 1 atom stereocenters. The molecule has 2 aliphatic heterocycles. The van der Waals surface area contributed by atoms with Crippen molar-refractivity contribution in [2.75, 3.05) is 53.5 Å². The molecular weight excluding hydrogens is 428 g/mol. The Labute approximate surface area is 202 Å². The lowest BCUT2D eigenvalue weighted by Gasteiger charge is -2.34. The maximum Gasteiger partial charge on any atom is 0.257 e. The predicted molar refractivity (Wildman–Crippen MR) is 135 cm³/mol. The van der Waals surface area contributed by atoms with Crippen LogP contribution in [0.5, 0.6) is 11.5 Å². The normalized spacial score (nSPS) is 19.3. The van der Waals surface area contributed by atoms with Gasteiger partial charge in [-0.15, -0.1) is 0 Å². The largest absolute Gasteiger partial charge is 0.497 e. The van der Waals surface area contributed by atoms with Crippen molar-refractivity contribution in [1.29, 1.82) is 0 Å². The standard InChI is InChI=1S/C27H36N4O3/c1-6-29-11-13-30(14-12-29)18-27(32)31-25(22-10-9-21(33-4)16-26(22)34-5)17-24(28-31)23-15-19(2)7-8-20(23)3/h7-10,15-16,25H,6,11-14,17-18H2,1-5H3/t25-/m0/s1. The maximum absolute atomic E-state index is 13.6. The number of hydrazone groups is 1. The molecule has 0 unspecified atom stereocenters. The Morgan fingerprint density at radius 3 is 2.41 bits per heavy atom. The second kappa shape index (κ2) is 10.6. The Bertz CT molecular complexity index is 1060. The molecule has 4 rings (SSSR count). The molecule has 182 valence electrons. The van der Waals surface area contributed by atoms with Gasteiger partial charge in [-0.2, -0.15) is 5.10 Å². The van der Waals surface area contributed by atoms with Crippen molar-refractivity contribution in [3.8, 4) is 11.5 Å². The molecule has 7 heteroatoms. The summed E-state index contributed by atoms with van der Waals surface area (Å²) in [5, 5.41) is 6.60. The fourth-order valence-corrected chi connectivity index (χ4v) is 4.81. The number of carbonyl (C=O) groups excluding carboxylic acids is 1. The van der Waals surface area contributed by atoms with Crippen LogP contribution in [0.2, 0.25) is 0 Å². The zero-order chi connectivity index (χ0) is 24.2. The SMILES string of the molecule is CCN1CCN(CC(=O)N2N=C(c3cc(C)ccc3C)C[C@H]2c2ccc(OC)cc2OC)CC1. The van der Waals surface area contributed by atoms with Crippen LogP contribution >= 0.6 is 0 Å². The highest BCUT2D eigenvalue weighted by Crippen LogP contribution is 2.39. The van der Waals surface area contributed by atoms with E-state index < -0.39 is 0 Å². The molecule has 2 aromatic rings. The molecule has 7 nitrogen and oxygen atoms in total. The fourth-order valence-electron chi connectivity index (χ4n) is 4.81. The molecule has 0 radical (unpaired) electrons. The van der Waals surface area contributed by atoms with Gasteiger partial charge in [-0.1, -0.05) is 24.6 Å². The van der Waals surface area contributed by atoms with E-state index in [0.717, 1.165) is 60.9 Å². The van der Waals surface area contributed by atoms with Crippen LogP contribution in [-0.2, 0) is 4.79 Å². The lowest BCUT2D eigenvalue weighted by atomic mass is 9.94. The third kappa shape index (κ3) is 5.10. The first-order valence-corrected chi connectivity index (χ1v) is 12.1. The Kier molecular flexibility index (Phi) is 7.54. The van der Waals surface area contributed by atoms with Gasteiger partial charge in [-0.25, -0.2) is 5.01 Å². The highest BCUT2D eigenvalue weighted by molar-refractivity contribution is 6.04. The number of aryl methyl sites for hydroxylation is 2. The highest BCUT2D eigenvalue weighted by Gasteiger charge is 2.36. The Balaban J connectivity index is 1.64. The lowest BCUT2D eigenvalue weighted by Crippen LogP contribution is -2.49. The zero-order valence-electron chi connectivity index (χ0n) is 21.0. The average molecular weight is 465 g/mol. The number of hydrogen-bond donors (Lipinski definition) is 0. The molecule has 2 heterocycles. The molecule has 2 aromatic carbocycles. The van der Waals surface area contributed by atoms with Crippen LogP contribution < -0.4 is 9.47 Å². The Morgan fingerprint density at radius 1 is 1.00 bits per heavy atom. The summed E-state index contributed by atoms with van der Waals surface area (Å²) in [7, 11) is 3.29. The molecule has 1 amide bonds. The molecule has 1 fully saturated rings. The van der Waals surface area contributed by atoms with Crippen molar-refractivity contribution in [2.24, 2.45) is 5.10 Å². The van der Waals surface area contributed by atoms with Crippen molar-refractivity contribution in [2.45, 2.75) is 33.2 Å². The molecule has 0 bridgehead atoms. The van der Waals surface area contributed by atoms with E-state index in [9.17, 15) is 4.79 Å². The third-order valence-electron chi connectivity index (χ3n) is 6.94. The lowest BCUT2D eigenvalue weighted by molar-refractivity contribution is -0.134. The second-order valence-electron chi connectivity index (χ2n) is 9.14. The third-order valence-corrected chi connectivity index (χ3v) is 6.94. The highest BCUT2D eigenvalue weighted by atomic mass is 16.5. The minimum Gasteiger partial charge on any atom is -0.497 e. The number of methoxy groups -OCH3 is 2. The fraction of sp³-hybridized carbons (Fsp3) is 0.481. The van der Waals surface area contributed by atoms with Gasteiger partial charge in [0.2, 0.25) is 0 Å². The van der Waals surface area contributed by atoms with Gasteiger partial charge in [-0.05, 0) is 44.2 Å². The minimum absolute atomic E-state index is 0.0214. The van der Waals surface area contributed by atoms with Gasteiger partial charge in [0.1, 0.15) is 11.5 Å². The van der Waals surface area contributed by atoms with Gasteiger partial charge in [-0.3, -0.25) is 9.69 Å². The Hall–Kier alpha value is -2.90. The van der Waals surface area contributed by atoms with Gasteiger partial charge in [0, 0.05) is 49.8 Å². The molecule has 0 N–H and O–H groups in total. The monoisotopic (exact) mass is 464 g/mol. The van der Waals surface area contributed by atoms with Crippen molar-refractivity contribution in [1.82, 2.24) is 14.8 Å². The molecule has 0 aromatic heterocycles. The maximum atomic E-state index is 13.6. The number of ether oxygens (including phenoxy) is 2. The summed E-state index contributed by atoms with van der Waals surface area (Å²) in [6.45, 7) is 11.6. The predicted octanol–water partition coefficient (Wildman–Crippen LogP) is 3.64. The number of carbonyl (C=O) groups is 1. The zero-order valence-corrected chi connectivity index (χ0v) is 21.0. The summed E-state index contributed by atoms with van der Waals surface area (Å²) in [5.74, 6) is 1.45. The molecular formula is C27H36N4O3. The molecule has 0 spiro atoms. The van der Waals surface area contributed by atoms with Crippen LogP contribution in [0.4, 0.5) is 0 Å². The van der Waals surface area contributed by atoms with Crippen LogP contribution in [0.25, 0.3) is 0 Å². The topological polar surface area (TPSA) is 57.6 Å². The van der Waals surface area contributed by atoms with Gasteiger partial charge in [0.05, 0.1) is 32.5 Å². The van der Waals surface area contributed by atoms with E-state index in [-0.39, 0.29) is 11.9 Å². The number of piperazine rings is 1. The smallest absolute Gasteiger partial charge is 0.257 e. The van der Waals surface area contributed by atoms with E-state index in [0.29, 0.717) is 18.7 Å². The molecule has 34 heavy (non-hydrogen) atoms. The number of likely N-dealkylation sites (N-methyl/N-ethyl adjacent to an activating group) is 1. The Morgan fingerprint density at radius 2 is 1.74 bits per heavy atom. The molecule has 0 saturated carbocycles.